The van der Waals surface area contributed by atoms with Crippen LogP contribution >= 0.6 is 0 Å². The SMILES string of the molecule is CN1CCN([C@H](c2cc3cc4c(cc3[nH]c2=O)OCCO4)c2nnnn2Cc2ccccc2)CC1. The lowest BCUT2D eigenvalue weighted by Crippen LogP contribution is -2.47. The van der Waals surface area contributed by atoms with Crippen LogP contribution < -0.4 is 15.0 Å². The number of rotatable bonds is 5. The van der Waals surface area contributed by atoms with Crippen molar-refractivity contribution in [1.82, 2.24) is 35.0 Å². The monoisotopic (exact) mass is 473 g/mol. The van der Waals surface area contributed by atoms with Crippen LogP contribution in [0.15, 0.2) is 53.3 Å². The van der Waals surface area contributed by atoms with Gasteiger partial charge in [0.1, 0.15) is 19.3 Å². The highest BCUT2D eigenvalue weighted by Gasteiger charge is 2.32. The lowest BCUT2D eigenvalue weighted by atomic mass is 10.0. The van der Waals surface area contributed by atoms with E-state index in [2.05, 4.69) is 37.4 Å². The number of fused-ring (bicyclic) bond motifs is 2. The van der Waals surface area contributed by atoms with Crippen molar-refractivity contribution in [2.24, 2.45) is 0 Å². The maximum Gasteiger partial charge on any atom is 0.253 e. The molecule has 10 nitrogen and oxygen atoms in total. The second-order valence-corrected chi connectivity index (χ2v) is 9.06. The molecule has 0 amide bonds. The van der Waals surface area contributed by atoms with Gasteiger partial charge in [0.25, 0.3) is 5.56 Å². The number of ether oxygens (including phenoxy) is 2. The van der Waals surface area contributed by atoms with Gasteiger partial charge in [-0.1, -0.05) is 30.3 Å². The standard InChI is InChI=1S/C25H27N7O3/c1-30-7-9-31(10-8-30)23(24-27-28-29-32(24)16-17-5-3-2-4-6-17)19-13-18-14-21-22(35-12-11-34-21)15-20(18)26-25(19)33/h2-6,13-15,23H,7-12,16H2,1H3,(H,26,33)/t23-/m1/s1. The van der Waals surface area contributed by atoms with Gasteiger partial charge in [0.2, 0.25) is 0 Å². The number of H-pyrrole nitrogens is 1. The Bertz CT molecular complexity index is 1390. The van der Waals surface area contributed by atoms with Crippen molar-refractivity contribution in [3.63, 3.8) is 0 Å². The molecule has 1 saturated heterocycles. The highest BCUT2D eigenvalue weighted by Crippen LogP contribution is 2.35. The fraction of sp³-hybridized carbons (Fsp3) is 0.360. The third kappa shape index (κ3) is 4.26. The second-order valence-electron chi connectivity index (χ2n) is 9.06. The summed E-state index contributed by atoms with van der Waals surface area (Å²) in [6, 6.07) is 15.4. The molecular weight excluding hydrogens is 446 g/mol. The molecule has 1 N–H and O–H groups in total. The van der Waals surface area contributed by atoms with Gasteiger partial charge in [-0.3, -0.25) is 9.69 Å². The molecule has 2 aromatic heterocycles. The van der Waals surface area contributed by atoms with Crippen LogP contribution in [0.2, 0.25) is 0 Å². The molecule has 2 aromatic carbocycles. The predicted molar refractivity (Wildman–Crippen MR) is 130 cm³/mol. The van der Waals surface area contributed by atoms with Crippen LogP contribution in [0.1, 0.15) is 23.0 Å². The minimum Gasteiger partial charge on any atom is -0.486 e. The van der Waals surface area contributed by atoms with Gasteiger partial charge in [-0.05, 0) is 35.2 Å². The Balaban J connectivity index is 1.46. The molecule has 0 bridgehead atoms. The number of piperazine rings is 1. The number of aromatic amines is 1. The van der Waals surface area contributed by atoms with Crippen molar-refractivity contribution in [3.05, 3.63) is 75.8 Å². The Kier molecular flexibility index (Phi) is 5.67. The van der Waals surface area contributed by atoms with Gasteiger partial charge in [0.05, 0.1) is 12.1 Å². The number of hydrogen-bond donors (Lipinski definition) is 1. The lowest BCUT2D eigenvalue weighted by Gasteiger charge is -2.37. The number of nitrogens with zero attached hydrogens (tertiary/aromatic N) is 6. The van der Waals surface area contributed by atoms with Crippen molar-refractivity contribution in [2.45, 2.75) is 12.6 Å². The first-order valence-corrected chi connectivity index (χ1v) is 11.8. The van der Waals surface area contributed by atoms with Crippen LogP contribution in [0, 0.1) is 0 Å². The first-order chi connectivity index (χ1) is 17.2. The van der Waals surface area contributed by atoms with E-state index >= 15 is 0 Å². The van der Waals surface area contributed by atoms with E-state index in [9.17, 15) is 4.79 Å². The summed E-state index contributed by atoms with van der Waals surface area (Å²) in [6.45, 7) is 4.94. The van der Waals surface area contributed by atoms with E-state index in [1.54, 1.807) is 4.68 Å². The summed E-state index contributed by atoms with van der Waals surface area (Å²) in [7, 11) is 2.11. The molecule has 0 saturated carbocycles. The first kappa shape index (κ1) is 21.8. The molecule has 1 fully saturated rings. The van der Waals surface area contributed by atoms with Crippen molar-refractivity contribution in [1.29, 1.82) is 0 Å². The maximum absolute atomic E-state index is 13.5. The maximum atomic E-state index is 13.5. The molecule has 1 atom stereocenters. The summed E-state index contributed by atoms with van der Waals surface area (Å²) >= 11 is 0. The quantitative estimate of drug-likeness (QED) is 0.467. The molecule has 0 unspecified atom stereocenters. The number of nitrogens with one attached hydrogen (secondary N) is 1. The van der Waals surface area contributed by atoms with E-state index in [1.807, 2.05) is 48.5 Å². The Morgan fingerprint density at radius 2 is 1.74 bits per heavy atom. The van der Waals surface area contributed by atoms with E-state index < -0.39 is 0 Å². The Morgan fingerprint density at radius 1 is 1.00 bits per heavy atom. The smallest absolute Gasteiger partial charge is 0.253 e. The van der Waals surface area contributed by atoms with Crippen LogP contribution in [-0.2, 0) is 6.54 Å². The van der Waals surface area contributed by atoms with Gasteiger partial charge < -0.3 is 19.4 Å². The number of benzene rings is 2. The van der Waals surface area contributed by atoms with E-state index in [0.29, 0.717) is 48.2 Å². The average molecular weight is 474 g/mol. The minimum atomic E-state index is -0.385. The van der Waals surface area contributed by atoms with E-state index in [0.717, 1.165) is 37.1 Å². The molecule has 6 rings (SSSR count). The molecule has 10 heteroatoms. The summed E-state index contributed by atoms with van der Waals surface area (Å²) < 4.78 is 13.3. The summed E-state index contributed by atoms with van der Waals surface area (Å²) in [5.74, 6) is 1.99. The van der Waals surface area contributed by atoms with E-state index in [-0.39, 0.29) is 11.6 Å². The number of likely N-dealkylation sites (N-methyl/N-ethyl adjacent to an activating group) is 1. The van der Waals surface area contributed by atoms with Crippen LogP contribution in [-0.4, -0.2) is 81.4 Å². The van der Waals surface area contributed by atoms with Crippen molar-refractivity contribution >= 4 is 10.9 Å². The van der Waals surface area contributed by atoms with Crippen molar-refractivity contribution < 1.29 is 9.47 Å². The number of hydrogen-bond acceptors (Lipinski definition) is 8. The zero-order chi connectivity index (χ0) is 23.8. The summed E-state index contributed by atoms with van der Waals surface area (Å²) in [4.78, 5) is 21.1. The molecule has 2 aliphatic rings. The van der Waals surface area contributed by atoms with Gasteiger partial charge in [-0.15, -0.1) is 5.10 Å². The molecule has 4 aromatic rings. The molecule has 180 valence electrons. The number of pyridine rings is 1. The molecule has 0 spiro atoms. The van der Waals surface area contributed by atoms with Crippen molar-refractivity contribution in [3.8, 4) is 11.5 Å². The number of aromatic nitrogens is 5. The Labute approximate surface area is 202 Å². The minimum absolute atomic E-state index is 0.160. The zero-order valence-corrected chi connectivity index (χ0v) is 19.6. The molecule has 2 aliphatic heterocycles. The van der Waals surface area contributed by atoms with Gasteiger partial charge >= 0.3 is 0 Å². The zero-order valence-electron chi connectivity index (χ0n) is 19.6. The van der Waals surface area contributed by atoms with E-state index in [1.165, 1.54) is 0 Å². The normalized spacial score (nSPS) is 17.5. The highest BCUT2D eigenvalue weighted by molar-refractivity contribution is 5.83. The molecule has 35 heavy (non-hydrogen) atoms. The molecule has 0 radical (unpaired) electrons. The topological polar surface area (TPSA) is 101 Å². The van der Waals surface area contributed by atoms with Gasteiger partial charge in [0, 0.05) is 43.2 Å². The van der Waals surface area contributed by atoms with Crippen LogP contribution in [0.5, 0.6) is 11.5 Å². The Hall–Kier alpha value is -3.76. The second kappa shape index (κ2) is 9.12. The fourth-order valence-electron chi connectivity index (χ4n) is 4.82. The Morgan fingerprint density at radius 3 is 2.51 bits per heavy atom. The van der Waals surface area contributed by atoms with Gasteiger partial charge in [-0.25, -0.2) is 4.68 Å². The fourth-order valence-corrected chi connectivity index (χ4v) is 4.82. The average Bonchev–Trinajstić information content (AvgIpc) is 3.32. The third-order valence-electron chi connectivity index (χ3n) is 6.71. The highest BCUT2D eigenvalue weighted by atomic mass is 16.6. The van der Waals surface area contributed by atoms with Crippen LogP contribution in [0.3, 0.4) is 0 Å². The summed E-state index contributed by atoms with van der Waals surface area (Å²) in [5, 5.41) is 13.6. The van der Waals surface area contributed by atoms with Crippen LogP contribution in [0.4, 0.5) is 0 Å². The third-order valence-corrected chi connectivity index (χ3v) is 6.71. The first-order valence-electron chi connectivity index (χ1n) is 11.8. The molecule has 4 heterocycles. The molecule has 0 aliphatic carbocycles. The molecular formula is C25H27N7O3. The largest absolute Gasteiger partial charge is 0.486 e. The summed E-state index contributed by atoms with van der Waals surface area (Å²) in [5.41, 5.74) is 2.26. The summed E-state index contributed by atoms with van der Waals surface area (Å²) in [6.07, 6.45) is 0. The van der Waals surface area contributed by atoms with Gasteiger partial charge in [0.15, 0.2) is 17.3 Å². The van der Waals surface area contributed by atoms with E-state index in [4.69, 9.17) is 9.47 Å². The van der Waals surface area contributed by atoms with Crippen molar-refractivity contribution in [2.75, 3.05) is 46.4 Å². The lowest BCUT2D eigenvalue weighted by molar-refractivity contribution is 0.121. The van der Waals surface area contributed by atoms with Crippen LogP contribution in [0.25, 0.3) is 10.9 Å². The van der Waals surface area contributed by atoms with Gasteiger partial charge in [-0.2, -0.15) is 0 Å². The number of tetrazole rings is 1. The predicted octanol–water partition coefficient (Wildman–Crippen LogP) is 1.67.